The number of ether oxygens (including phenoxy) is 1. The summed E-state index contributed by atoms with van der Waals surface area (Å²) in [5, 5.41) is 3.36. The van der Waals surface area contributed by atoms with Gasteiger partial charge in [-0.1, -0.05) is 23.7 Å². The quantitative estimate of drug-likeness (QED) is 0.615. The van der Waals surface area contributed by atoms with Crippen LogP contribution in [0.3, 0.4) is 0 Å². The summed E-state index contributed by atoms with van der Waals surface area (Å²) < 4.78 is 18.5. The molecule has 30 heavy (non-hydrogen) atoms. The zero-order valence-corrected chi connectivity index (χ0v) is 17.9. The summed E-state index contributed by atoms with van der Waals surface area (Å²) in [6.07, 6.45) is 5.02. The molecule has 0 unspecified atom stereocenters. The number of rotatable bonds is 8. The third-order valence-corrected chi connectivity index (χ3v) is 5.82. The number of hydrogen-bond donors (Lipinski definition) is 2. The summed E-state index contributed by atoms with van der Waals surface area (Å²) in [7, 11) is 1.50. The van der Waals surface area contributed by atoms with E-state index in [1.165, 1.54) is 13.2 Å². The van der Waals surface area contributed by atoms with Crippen molar-refractivity contribution in [3.05, 3.63) is 64.8 Å². The Morgan fingerprint density at radius 3 is 2.80 bits per heavy atom. The monoisotopic (exact) mass is 432 g/mol. The van der Waals surface area contributed by atoms with Gasteiger partial charge in [-0.3, -0.25) is 4.79 Å². The Labute approximate surface area is 182 Å². The van der Waals surface area contributed by atoms with Crippen molar-refractivity contribution in [1.29, 1.82) is 0 Å². The fourth-order valence-electron chi connectivity index (χ4n) is 3.71. The van der Waals surface area contributed by atoms with E-state index in [1.807, 2.05) is 6.07 Å². The molecule has 2 aromatic rings. The lowest BCUT2D eigenvalue weighted by atomic mass is 9.96. The van der Waals surface area contributed by atoms with Gasteiger partial charge >= 0.3 is 0 Å². The smallest absolute Gasteiger partial charge is 0.255 e. The molecule has 1 amide bonds. The van der Waals surface area contributed by atoms with Gasteiger partial charge in [-0.25, -0.2) is 4.39 Å². The van der Waals surface area contributed by atoms with E-state index in [4.69, 9.17) is 22.1 Å². The number of nitrogens with two attached hydrogens (primary N) is 1. The molecule has 1 aliphatic heterocycles. The molecular weight excluding hydrogens is 405 g/mol. The van der Waals surface area contributed by atoms with Crippen LogP contribution in [0.5, 0.6) is 5.75 Å². The first-order chi connectivity index (χ1) is 14.5. The van der Waals surface area contributed by atoms with Crippen LogP contribution in [0.1, 0.15) is 35.2 Å². The summed E-state index contributed by atoms with van der Waals surface area (Å²) in [6, 6.07) is 9.77. The molecule has 2 aromatic carbocycles. The summed E-state index contributed by atoms with van der Waals surface area (Å²) in [5.74, 6) is 0.442. The number of halogens is 2. The number of amides is 1. The number of likely N-dealkylation sites (tertiary alicyclic amines) is 1. The molecule has 0 spiro atoms. The van der Waals surface area contributed by atoms with E-state index >= 15 is 0 Å². The molecule has 0 aliphatic carbocycles. The van der Waals surface area contributed by atoms with Crippen molar-refractivity contribution in [2.45, 2.75) is 19.3 Å². The molecule has 5 nitrogen and oxygen atoms in total. The van der Waals surface area contributed by atoms with Crippen molar-refractivity contribution in [3.63, 3.8) is 0 Å². The summed E-state index contributed by atoms with van der Waals surface area (Å²) in [4.78, 5) is 15.0. The van der Waals surface area contributed by atoms with Gasteiger partial charge in [0.05, 0.1) is 23.4 Å². The van der Waals surface area contributed by atoms with E-state index in [0.29, 0.717) is 34.5 Å². The highest BCUT2D eigenvalue weighted by molar-refractivity contribution is 6.33. The van der Waals surface area contributed by atoms with Gasteiger partial charge in [0, 0.05) is 12.6 Å². The topological polar surface area (TPSA) is 67.6 Å². The van der Waals surface area contributed by atoms with E-state index in [-0.39, 0.29) is 11.7 Å². The molecule has 1 heterocycles. The van der Waals surface area contributed by atoms with Gasteiger partial charge in [0.1, 0.15) is 11.6 Å². The van der Waals surface area contributed by atoms with Gasteiger partial charge in [-0.15, -0.1) is 0 Å². The van der Waals surface area contributed by atoms with Gasteiger partial charge in [0.15, 0.2) is 0 Å². The molecule has 3 rings (SSSR count). The van der Waals surface area contributed by atoms with Crippen LogP contribution in [0, 0.1) is 18.2 Å². The van der Waals surface area contributed by atoms with Crippen molar-refractivity contribution >= 4 is 23.2 Å². The fraction of sp³-hybridized carbons (Fsp3) is 0.391. The first kappa shape index (κ1) is 22.4. The Morgan fingerprint density at radius 1 is 1.33 bits per heavy atom. The second-order valence-electron chi connectivity index (χ2n) is 7.62. The molecule has 0 atom stereocenters. The van der Waals surface area contributed by atoms with E-state index in [0.717, 1.165) is 44.5 Å². The fourth-order valence-corrected chi connectivity index (χ4v) is 3.87. The Kier molecular flexibility index (Phi) is 7.94. The Hall–Kier alpha value is -2.31. The Bertz CT molecular complexity index is 870. The maximum Gasteiger partial charge on any atom is 0.255 e. The zero-order valence-electron chi connectivity index (χ0n) is 17.2. The average Bonchev–Trinajstić information content (AvgIpc) is 2.74. The summed E-state index contributed by atoms with van der Waals surface area (Å²) in [5.41, 5.74) is 7.49. The molecule has 0 bridgehead atoms. The van der Waals surface area contributed by atoms with Gasteiger partial charge in [-0.2, -0.15) is 0 Å². The summed E-state index contributed by atoms with van der Waals surface area (Å²) in [6.45, 7) is 3.56. The highest BCUT2D eigenvalue weighted by Gasteiger charge is 2.21. The first-order valence-electron chi connectivity index (χ1n) is 10.2. The van der Waals surface area contributed by atoms with Crippen LogP contribution in [-0.4, -0.2) is 44.1 Å². The van der Waals surface area contributed by atoms with Crippen LogP contribution in [0.4, 0.5) is 10.1 Å². The Balaban J connectivity index is 1.40. The van der Waals surface area contributed by atoms with Crippen LogP contribution in [0.15, 0.2) is 36.4 Å². The predicted octanol–water partition coefficient (Wildman–Crippen LogP) is 4.15. The van der Waals surface area contributed by atoms with E-state index in [2.05, 4.69) is 16.6 Å². The SMILES string of the molecule is COc1cc(Cl)c(N)cc1C(=O)NCC1CCN(CC[CH]c2cccc(F)c2)CC1. The minimum Gasteiger partial charge on any atom is -0.496 e. The van der Waals surface area contributed by atoms with E-state index < -0.39 is 0 Å². The van der Waals surface area contributed by atoms with E-state index in [1.54, 1.807) is 24.3 Å². The summed E-state index contributed by atoms with van der Waals surface area (Å²) >= 11 is 6.00. The maximum absolute atomic E-state index is 13.2. The number of carbonyl (C=O) groups excluding carboxylic acids is 1. The standard InChI is InChI=1S/C23H28ClFN3O2/c1-30-22-14-20(24)21(26)13-19(22)23(29)27-15-17-7-10-28(11-8-17)9-3-5-16-4-2-6-18(25)12-16/h2,4-6,12-14,17H,3,7-11,15,26H2,1H3,(H,27,29). The lowest BCUT2D eigenvalue weighted by molar-refractivity contribution is 0.0933. The van der Waals surface area contributed by atoms with Crippen molar-refractivity contribution in [3.8, 4) is 5.75 Å². The molecule has 1 fully saturated rings. The zero-order chi connectivity index (χ0) is 21.5. The second kappa shape index (κ2) is 10.6. The van der Waals surface area contributed by atoms with Crippen molar-refractivity contribution in [1.82, 2.24) is 10.2 Å². The number of carbonyl (C=O) groups is 1. The highest BCUT2D eigenvalue weighted by Crippen LogP contribution is 2.29. The number of hydrogen-bond acceptors (Lipinski definition) is 4. The lowest BCUT2D eigenvalue weighted by Gasteiger charge is -2.32. The Morgan fingerprint density at radius 2 is 2.10 bits per heavy atom. The van der Waals surface area contributed by atoms with Gasteiger partial charge in [0.2, 0.25) is 0 Å². The largest absolute Gasteiger partial charge is 0.496 e. The van der Waals surface area contributed by atoms with E-state index in [9.17, 15) is 9.18 Å². The number of nitrogens with zero attached hydrogens (tertiary/aromatic N) is 1. The van der Waals surface area contributed by atoms with Crippen LogP contribution >= 0.6 is 11.6 Å². The molecular formula is C23H28ClFN3O2. The number of nitrogens with one attached hydrogen (secondary N) is 1. The average molecular weight is 433 g/mol. The van der Waals surface area contributed by atoms with Crippen molar-refractivity contribution in [2.24, 2.45) is 5.92 Å². The number of methoxy groups -OCH3 is 1. The van der Waals surface area contributed by atoms with Gasteiger partial charge in [0.25, 0.3) is 5.91 Å². The molecule has 3 N–H and O–H groups in total. The normalized spacial score (nSPS) is 15.2. The third kappa shape index (κ3) is 6.09. The number of piperidine rings is 1. The highest BCUT2D eigenvalue weighted by atomic mass is 35.5. The number of nitrogen functional groups attached to an aromatic ring is 1. The molecule has 1 aliphatic rings. The minimum atomic E-state index is -0.206. The van der Waals surface area contributed by atoms with Crippen molar-refractivity contribution < 1.29 is 13.9 Å². The molecule has 161 valence electrons. The molecule has 0 aromatic heterocycles. The third-order valence-electron chi connectivity index (χ3n) is 5.50. The van der Waals surface area contributed by atoms with Gasteiger partial charge < -0.3 is 20.7 Å². The first-order valence-corrected chi connectivity index (χ1v) is 10.6. The minimum absolute atomic E-state index is 0.203. The van der Waals surface area contributed by atoms with Crippen LogP contribution < -0.4 is 15.8 Å². The lowest BCUT2D eigenvalue weighted by Crippen LogP contribution is -2.39. The molecule has 1 saturated heterocycles. The maximum atomic E-state index is 13.2. The van der Waals surface area contributed by atoms with Crippen LogP contribution in [0.25, 0.3) is 0 Å². The molecule has 1 radical (unpaired) electrons. The van der Waals surface area contributed by atoms with Crippen molar-refractivity contribution in [2.75, 3.05) is 39.0 Å². The second-order valence-corrected chi connectivity index (χ2v) is 8.02. The number of benzene rings is 2. The number of anilines is 1. The van der Waals surface area contributed by atoms with Crippen LogP contribution in [0.2, 0.25) is 5.02 Å². The van der Waals surface area contributed by atoms with Gasteiger partial charge in [-0.05, 0) is 75.0 Å². The predicted molar refractivity (Wildman–Crippen MR) is 118 cm³/mol. The molecule has 0 saturated carbocycles. The molecule has 7 heteroatoms. The van der Waals surface area contributed by atoms with Crippen LogP contribution in [-0.2, 0) is 0 Å².